The fraction of sp³-hybridized carbons (Fsp3) is 0.357. The summed E-state index contributed by atoms with van der Waals surface area (Å²) in [5, 5.41) is 11.6. The SMILES string of the molecule is CC1(C)NCC(=O)N(Cc2ccc(C#N)cc2)C1=O. The maximum absolute atomic E-state index is 12.2. The summed E-state index contributed by atoms with van der Waals surface area (Å²) < 4.78 is 0. The highest BCUT2D eigenvalue weighted by Crippen LogP contribution is 2.16. The third kappa shape index (κ3) is 2.64. The smallest absolute Gasteiger partial charge is 0.249 e. The van der Waals surface area contributed by atoms with Crippen molar-refractivity contribution < 1.29 is 9.59 Å². The van der Waals surface area contributed by atoms with Crippen LogP contribution in [-0.2, 0) is 16.1 Å². The number of carbonyl (C=O) groups excluding carboxylic acids is 2. The quantitative estimate of drug-likeness (QED) is 0.795. The molecule has 0 bridgehead atoms. The number of rotatable bonds is 2. The van der Waals surface area contributed by atoms with E-state index in [0.717, 1.165) is 5.56 Å². The largest absolute Gasteiger partial charge is 0.295 e. The van der Waals surface area contributed by atoms with Crippen LogP contribution in [0.2, 0.25) is 0 Å². The molecule has 0 saturated carbocycles. The Morgan fingerprint density at radius 2 is 1.95 bits per heavy atom. The summed E-state index contributed by atoms with van der Waals surface area (Å²) in [6, 6.07) is 8.90. The van der Waals surface area contributed by atoms with E-state index in [9.17, 15) is 9.59 Å². The Bertz CT molecular complexity index is 555. The van der Waals surface area contributed by atoms with Gasteiger partial charge in [-0.05, 0) is 31.5 Å². The monoisotopic (exact) mass is 257 g/mol. The first-order valence-corrected chi connectivity index (χ1v) is 6.03. The Balaban J connectivity index is 2.18. The van der Waals surface area contributed by atoms with Gasteiger partial charge in [0.05, 0.1) is 30.3 Å². The van der Waals surface area contributed by atoms with Gasteiger partial charge in [0, 0.05) is 0 Å². The first-order chi connectivity index (χ1) is 8.94. The van der Waals surface area contributed by atoms with Gasteiger partial charge in [-0.25, -0.2) is 0 Å². The van der Waals surface area contributed by atoms with Crippen LogP contribution in [0.15, 0.2) is 24.3 Å². The number of hydrogen-bond donors (Lipinski definition) is 1. The molecule has 1 N–H and O–H groups in total. The van der Waals surface area contributed by atoms with Crippen LogP contribution in [0.5, 0.6) is 0 Å². The van der Waals surface area contributed by atoms with E-state index in [1.54, 1.807) is 38.1 Å². The number of nitrogens with zero attached hydrogens (tertiary/aromatic N) is 2. The summed E-state index contributed by atoms with van der Waals surface area (Å²) in [6.07, 6.45) is 0. The number of nitrogens with one attached hydrogen (secondary N) is 1. The zero-order valence-electron chi connectivity index (χ0n) is 10.9. The van der Waals surface area contributed by atoms with Crippen molar-refractivity contribution in [3.05, 3.63) is 35.4 Å². The van der Waals surface area contributed by atoms with Crippen LogP contribution in [0.3, 0.4) is 0 Å². The molecule has 19 heavy (non-hydrogen) atoms. The minimum absolute atomic E-state index is 0.162. The number of piperazine rings is 1. The molecular formula is C14H15N3O2. The van der Waals surface area contributed by atoms with Crippen LogP contribution < -0.4 is 5.32 Å². The maximum Gasteiger partial charge on any atom is 0.249 e. The molecule has 0 unspecified atom stereocenters. The normalized spacial score (nSPS) is 18.3. The molecule has 1 fully saturated rings. The van der Waals surface area contributed by atoms with E-state index in [4.69, 9.17) is 5.26 Å². The Kier molecular flexibility index (Phi) is 3.36. The molecule has 0 spiro atoms. The topological polar surface area (TPSA) is 73.2 Å². The first kappa shape index (κ1) is 13.2. The second kappa shape index (κ2) is 4.82. The van der Waals surface area contributed by atoms with Crippen molar-refractivity contribution in [3.8, 4) is 6.07 Å². The van der Waals surface area contributed by atoms with Gasteiger partial charge in [0.1, 0.15) is 0 Å². The average molecular weight is 257 g/mol. The summed E-state index contributed by atoms with van der Waals surface area (Å²) in [4.78, 5) is 25.2. The van der Waals surface area contributed by atoms with Crippen molar-refractivity contribution >= 4 is 11.8 Å². The number of carbonyl (C=O) groups is 2. The minimum atomic E-state index is -0.722. The van der Waals surface area contributed by atoms with E-state index >= 15 is 0 Å². The Hall–Kier alpha value is -2.19. The van der Waals surface area contributed by atoms with Crippen LogP contribution in [0.1, 0.15) is 25.0 Å². The van der Waals surface area contributed by atoms with Gasteiger partial charge >= 0.3 is 0 Å². The van der Waals surface area contributed by atoms with Gasteiger partial charge in [-0.3, -0.25) is 19.8 Å². The minimum Gasteiger partial charge on any atom is -0.295 e. The predicted molar refractivity (Wildman–Crippen MR) is 68.8 cm³/mol. The zero-order valence-corrected chi connectivity index (χ0v) is 10.9. The molecule has 0 aromatic heterocycles. The van der Waals surface area contributed by atoms with Gasteiger partial charge in [0.2, 0.25) is 11.8 Å². The highest BCUT2D eigenvalue weighted by atomic mass is 16.2. The molecule has 0 atom stereocenters. The number of hydrogen-bond acceptors (Lipinski definition) is 4. The Morgan fingerprint density at radius 3 is 2.53 bits per heavy atom. The van der Waals surface area contributed by atoms with Crippen molar-refractivity contribution in [2.45, 2.75) is 25.9 Å². The van der Waals surface area contributed by atoms with E-state index in [2.05, 4.69) is 5.32 Å². The number of nitriles is 1. The summed E-state index contributed by atoms with van der Waals surface area (Å²) in [6.45, 7) is 3.92. The molecular weight excluding hydrogens is 242 g/mol. The molecule has 1 aromatic rings. The highest BCUT2D eigenvalue weighted by Gasteiger charge is 2.39. The lowest BCUT2D eigenvalue weighted by Crippen LogP contribution is -2.63. The molecule has 5 nitrogen and oxygen atoms in total. The van der Waals surface area contributed by atoms with Crippen LogP contribution in [0, 0.1) is 11.3 Å². The standard InChI is InChI=1S/C14H15N3O2/c1-14(2)13(19)17(12(18)8-16-14)9-11-5-3-10(7-15)4-6-11/h3-6,16H,8-9H2,1-2H3. The van der Waals surface area contributed by atoms with Crippen molar-refractivity contribution in [2.75, 3.05) is 6.54 Å². The zero-order chi connectivity index (χ0) is 14.0. The fourth-order valence-electron chi connectivity index (χ4n) is 1.95. The van der Waals surface area contributed by atoms with Gasteiger partial charge in [-0.1, -0.05) is 12.1 Å². The summed E-state index contributed by atoms with van der Waals surface area (Å²) in [7, 11) is 0. The lowest BCUT2D eigenvalue weighted by Gasteiger charge is -2.36. The Morgan fingerprint density at radius 1 is 1.32 bits per heavy atom. The summed E-state index contributed by atoms with van der Waals surface area (Å²) in [5.74, 6) is -0.457. The molecule has 2 amide bonds. The molecule has 1 aromatic carbocycles. The van der Waals surface area contributed by atoms with E-state index in [0.29, 0.717) is 5.56 Å². The second-order valence-corrected chi connectivity index (χ2v) is 5.07. The van der Waals surface area contributed by atoms with E-state index in [1.807, 2.05) is 6.07 Å². The van der Waals surface area contributed by atoms with Crippen molar-refractivity contribution in [1.82, 2.24) is 10.2 Å². The van der Waals surface area contributed by atoms with Crippen molar-refractivity contribution in [3.63, 3.8) is 0 Å². The lowest BCUT2D eigenvalue weighted by atomic mass is 10.00. The predicted octanol–water partition coefficient (Wildman–Crippen LogP) is 0.795. The van der Waals surface area contributed by atoms with E-state index in [-0.39, 0.29) is 24.9 Å². The van der Waals surface area contributed by atoms with Gasteiger partial charge in [0.15, 0.2) is 0 Å². The van der Waals surface area contributed by atoms with Gasteiger partial charge in [0.25, 0.3) is 0 Å². The van der Waals surface area contributed by atoms with Crippen LogP contribution >= 0.6 is 0 Å². The lowest BCUT2D eigenvalue weighted by molar-refractivity contribution is -0.153. The first-order valence-electron chi connectivity index (χ1n) is 6.03. The maximum atomic E-state index is 12.2. The van der Waals surface area contributed by atoms with E-state index < -0.39 is 5.54 Å². The number of amides is 2. The van der Waals surface area contributed by atoms with Crippen molar-refractivity contribution in [2.24, 2.45) is 0 Å². The molecule has 5 heteroatoms. The summed E-state index contributed by atoms with van der Waals surface area (Å²) in [5.41, 5.74) is 0.668. The molecule has 1 aliphatic rings. The summed E-state index contributed by atoms with van der Waals surface area (Å²) >= 11 is 0. The van der Waals surface area contributed by atoms with Crippen LogP contribution in [-0.4, -0.2) is 28.8 Å². The van der Waals surface area contributed by atoms with Gasteiger partial charge < -0.3 is 0 Å². The molecule has 0 radical (unpaired) electrons. The molecule has 1 heterocycles. The highest BCUT2D eigenvalue weighted by molar-refractivity contribution is 6.02. The van der Waals surface area contributed by atoms with Crippen LogP contribution in [0.4, 0.5) is 0 Å². The molecule has 2 rings (SSSR count). The molecule has 98 valence electrons. The molecule has 1 aliphatic heterocycles. The van der Waals surface area contributed by atoms with Gasteiger partial charge in [-0.15, -0.1) is 0 Å². The third-order valence-corrected chi connectivity index (χ3v) is 3.19. The van der Waals surface area contributed by atoms with Crippen molar-refractivity contribution in [1.29, 1.82) is 5.26 Å². The molecule has 1 saturated heterocycles. The van der Waals surface area contributed by atoms with E-state index in [1.165, 1.54) is 4.90 Å². The third-order valence-electron chi connectivity index (χ3n) is 3.19. The fourth-order valence-corrected chi connectivity index (χ4v) is 1.95. The Labute approximate surface area is 111 Å². The van der Waals surface area contributed by atoms with Crippen LogP contribution in [0.25, 0.3) is 0 Å². The second-order valence-electron chi connectivity index (χ2n) is 5.07. The number of benzene rings is 1. The van der Waals surface area contributed by atoms with Gasteiger partial charge in [-0.2, -0.15) is 5.26 Å². The molecule has 0 aliphatic carbocycles. The average Bonchev–Trinajstić information content (AvgIpc) is 2.40. The number of imide groups is 1.